The van der Waals surface area contributed by atoms with Crippen LogP contribution in [-0.4, -0.2) is 98.9 Å². The van der Waals surface area contributed by atoms with E-state index >= 15 is 0 Å². The molecule has 2 aromatic rings. The lowest BCUT2D eigenvalue weighted by Crippen LogP contribution is -2.55. The lowest BCUT2D eigenvalue weighted by molar-refractivity contribution is -0.389. The van der Waals surface area contributed by atoms with Gasteiger partial charge in [-0.15, -0.1) is 13.2 Å². The van der Waals surface area contributed by atoms with Gasteiger partial charge in [0.15, 0.2) is 0 Å². The maximum absolute atomic E-state index is 12.8. The summed E-state index contributed by atoms with van der Waals surface area (Å²) >= 11 is 0. The quantitative estimate of drug-likeness (QED) is 0.409. The zero-order valence-corrected chi connectivity index (χ0v) is 20.9. The fourth-order valence-corrected chi connectivity index (χ4v) is 5.55. The van der Waals surface area contributed by atoms with E-state index in [1.54, 1.807) is 9.47 Å². The first kappa shape index (κ1) is 26.2. The third-order valence-electron chi connectivity index (χ3n) is 7.32. The number of amides is 1. The van der Waals surface area contributed by atoms with Crippen molar-refractivity contribution in [3.05, 3.63) is 46.1 Å². The third-order valence-corrected chi connectivity index (χ3v) is 7.32. The van der Waals surface area contributed by atoms with Crippen molar-refractivity contribution >= 4 is 11.7 Å². The van der Waals surface area contributed by atoms with Gasteiger partial charge in [0.2, 0.25) is 0 Å². The van der Waals surface area contributed by atoms with Crippen molar-refractivity contribution in [2.45, 2.75) is 44.3 Å². The smallest absolute Gasteiger partial charge is 0.436 e. The van der Waals surface area contributed by atoms with Crippen LogP contribution in [0.3, 0.4) is 0 Å². The van der Waals surface area contributed by atoms with Crippen molar-refractivity contribution in [3.63, 3.8) is 0 Å². The molecule has 2 saturated heterocycles. The summed E-state index contributed by atoms with van der Waals surface area (Å²) in [7, 11) is 0. The molecule has 1 atom stereocenters. The van der Waals surface area contributed by atoms with Gasteiger partial charge in [0, 0.05) is 49.3 Å². The largest absolute Gasteiger partial charge is 0.573 e. The molecule has 14 heteroatoms. The second-order valence-corrected chi connectivity index (χ2v) is 10.2. The number of aromatic nitrogens is 2. The van der Waals surface area contributed by atoms with Crippen LogP contribution in [0.15, 0.2) is 30.5 Å². The number of piperidine rings is 1. The Labute approximate surface area is 216 Å². The highest BCUT2D eigenvalue weighted by Crippen LogP contribution is 2.32. The molecule has 1 amide bonds. The zero-order chi connectivity index (χ0) is 27.1. The standard InChI is InChI=1S/C24H29F3N6O5/c1-23(16-32-14-20(33(35)36)28-22(32)38-23)15-29-8-6-18(7-9-29)30-10-12-31(13-11-30)21(34)17-2-4-19(5-3-17)37-24(25,26)27/h2-5,14,18H,6-13,15-16H2,1H3/t23-/m0/s1. The average Bonchev–Trinajstić information content (AvgIpc) is 3.39. The van der Waals surface area contributed by atoms with Gasteiger partial charge in [-0.25, -0.2) is 0 Å². The topological polar surface area (TPSA) is 106 Å². The number of nitrogens with zero attached hydrogens (tertiary/aromatic N) is 6. The molecular formula is C24H29F3N6O5. The van der Waals surface area contributed by atoms with Crippen LogP contribution in [0.4, 0.5) is 19.0 Å². The Morgan fingerprint density at radius 2 is 1.82 bits per heavy atom. The lowest BCUT2D eigenvalue weighted by Gasteiger charge is -2.43. The minimum Gasteiger partial charge on any atom is -0.436 e. The second kappa shape index (κ2) is 10.1. The van der Waals surface area contributed by atoms with Gasteiger partial charge in [-0.2, -0.15) is 0 Å². The monoisotopic (exact) mass is 538 g/mol. The molecule has 0 bridgehead atoms. The number of carbonyl (C=O) groups is 1. The summed E-state index contributed by atoms with van der Waals surface area (Å²) in [6.45, 7) is 7.61. The highest BCUT2D eigenvalue weighted by molar-refractivity contribution is 5.94. The molecule has 0 spiro atoms. The van der Waals surface area contributed by atoms with Crippen molar-refractivity contribution in [1.82, 2.24) is 24.3 Å². The van der Waals surface area contributed by atoms with Gasteiger partial charge in [0.1, 0.15) is 17.5 Å². The Bertz CT molecular complexity index is 1150. The Balaban J connectivity index is 1.06. The van der Waals surface area contributed by atoms with Gasteiger partial charge in [-0.05, 0) is 62.0 Å². The van der Waals surface area contributed by atoms with Crippen LogP contribution in [0.25, 0.3) is 0 Å². The highest BCUT2D eigenvalue weighted by atomic mass is 19.4. The molecule has 2 fully saturated rings. The number of carbonyl (C=O) groups excluding carboxylic acids is 1. The first-order valence-electron chi connectivity index (χ1n) is 12.5. The maximum Gasteiger partial charge on any atom is 0.573 e. The average molecular weight is 539 g/mol. The van der Waals surface area contributed by atoms with E-state index in [-0.39, 0.29) is 23.5 Å². The molecule has 1 aromatic heterocycles. The van der Waals surface area contributed by atoms with Crippen LogP contribution in [-0.2, 0) is 6.54 Å². The van der Waals surface area contributed by atoms with Crippen LogP contribution in [0.2, 0.25) is 0 Å². The van der Waals surface area contributed by atoms with Crippen molar-refractivity contribution in [3.8, 4) is 11.8 Å². The number of rotatable bonds is 6. The Morgan fingerprint density at radius 1 is 1.16 bits per heavy atom. The number of hydrogen-bond acceptors (Lipinski definition) is 8. The summed E-state index contributed by atoms with van der Waals surface area (Å²) < 4.78 is 48.6. The summed E-state index contributed by atoms with van der Waals surface area (Å²) in [6.07, 6.45) is -1.38. The molecule has 38 heavy (non-hydrogen) atoms. The summed E-state index contributed by atoms with van der Waals surface area (Å²) in [5.74, 6) is -0.764. The fourth-order valence-electron chi connectivity index (χ4n) is 5.55. The molecule has 0 N–H and O–H groups in total. The molecule has 206 valence electrons. The minimum absolute atomic E-state index is 0.201. The number of hydrogen-bond donors (Lipinski definition) is 0. The van der Waals surface area contributed by atoms with Gasteiger partial charge in [0.25, 0.3) is 5.91 Å². The second-order valence-electron chi connectivity index (χ2n) is 10.2. The molecule has 0 radical (unpaired) electrons. The van der Waals surface area contributed by atoms with Crippen molar-refractivity contribution in [1.29, 1.82) is 0 Å². The molecule has 4 heterocycles. The molecule has 3 aliphatic rings. The molecule has 5 rings (SSSR count). The SMILES string of the molecule is C[C@]1(CN2CCC(N3CCN(C(=O)c4ccc(OC(F)(F)F)cc4)CC3)CC2)Cn2cc([N+](=O)[O-])nc2O1. The van der Waals surface area contributed by atoms with Gasteiger partial charge in [0.05, 0.1) is 6.54 Å². The predicted molar refractivity (Wildman–Crippen MR) is 128 cm³/mol. The normalized spacial score (nSPS) is 23.2. The van der Waals surface area contributed by atoms with E-state index in [0.29, 0.717) is 37.8 Å². The number of nitro groups is 1. The Kier molecular flexibility index (Phi) is 6.94. The van der Waals surface area contributed by atoms with Crippen molar-refractivity contribution in [2.24, 2.45) is 0 Å². The van der Waals surface area contributed by atoms with E-state index in [1.807, 2.05) is 6.92 Å². The van der Waals surface area contributed by atoms with Gasteiger partial charge >= 0.3 is 18.2 Å². The van der Waals surface area contributed by atoms with E-state index < -0.39 is 16.9 Å². The number of imidazole rings is 1. The molecule has 0 aliphatic carbocycles. The van der Waals surface area contributed by atoms with Crippen LogP contribution >= 0.6 is 0 Å². The van der Waals surface area contributed by atoms with Gasteiger partial charge < -0.3 is 24.5 Å². The predicted octanol–water partition coefficient (Wildman–Crippen LogP) is 2.76. The number of halogens is 3. The van der Waals surface area contributed by atoms with Crippen LogP contribution < -0.4 is 9.47 Å². The first-order valence-corrected chi connectivity index (χ1v) is 12.5. The van der Waals surface area contributed by atoms with E-state index in [4.69, 9.17) is 4.74 Å². The number of piperazine rings is 1. The summed E-state index contributed by atoms with van der Waals surface area (Å²) in [5, 5.41) is 10.9. The van der Waals surface area contributed by atoms with E-state index in [2.05, 4.69) is 19.5 Å². The highest BCUT2D eigenvalue weighted by Gasteiger charge is 2.42. The summed E-state index contributed by atoms with van der Waals surface area (Å²) in [6, 6.07) is 5.71. The zero-order valence-electron chi connectivity index (χ0n) is 20.9. The van der Waals surface area contributed by atoms with Crippen molar-refractivity contribution in [2.75, 3.05) is 45.8 Å². The fraction of sp³-hybridized carbons (Fsp3) is 0.583. The van der Waals surface area contributed by atoms with Crippen LogP contribution in [0.1, 0.15) is 30.1 Å². The number of alkyl halides is 3. The van der Waals surface area contributed by atoms with Crippen LogP contribution in [0, 0.1) is 10.1 Å². The Hall–Kier alpha value is -3.39. The molecule has 0 unspecified atom stereocenters. The molecule has 3 aliphatic heterocycles. The Morgan fingerprint density at radius 3 is 2.39 bits per heavy atom. The lowest BCUT2D eigenvalue weighted by atomic mass is 9.99. The molecule has 1 aromatic carbocycles. The van der Waals surface area contributed by atoms with Gasteiger partial charge in [-0.3, -0.25) is 19.2 Å². The van der Waals surface area contributed by atoms with Crippen LogP contribution in [0.5, 0.6) is 11.8 Å². The number of benzene rings is 1. The molecule has 0 saturated carbocycles. The first-order chi connectivity index (χ1) is 18.0. The molecule has 11 nitrogen and oxygen atoms in total. The number of fused-ring (bicyclic) bond motifs is 1. The van der Waals surface area contributed by atoms with E-state index in [0.717, 1.165) is 51.2 Å². The third kappa shape index (κ3) is 5.85. The minimum atomic E-state index is -4.77. The number of ether oxygens (including phenoxy) is 2. The van der Waals surface area contributed by atoms with E-state index in [1.165, 1.54) is 18.3 Å². The summed E-state index contributed by atoms with van der Waals surface area (Å²) in [5.41, 5.74) is -0.159. The number of likely N-dealkylation sites (tertiary alicyclic amines) is 1. The maximum atomic E-state index is 12.8. The van der Waals surface area contributed by atoms with Gasteiger partial charge in [-0.1, -0.05) is 0 Å². The van der Waals surface area contributed by atoms with E-state index in [9.17, 15) is 28.1 Å². The summed E-state index contributed by atoms with van der Waals surface area (Å²) in [4.78, 5) is 33.6. The molecular weight excluding hydrogens is 509 g/mol. The van der Waals surface area contributed by atoms with Crippen molar-refractivity contribution < 1.29 is 32.4 Å².